The van der Waals surface area contributed by atoms with Crippen LogP contribution in [-0.4, -0.2) is 37.5 Å². The van der Waals surface area contributed by atoms with Crippen molar-refractivity contribution in [3.05, 3.63) is 23.3 Å². The molecule has 0 unspecified atom stereocenters. The normalized spacial score (nSPS) is 12.7. The van der Waals surface area contributed by atoms with E-state index >= 15 is 0 Å². The van der Waals surface area contributed by atoms with Gasteiger partial charge in [-0.1, -0.05) is 31.9 Å². The van der Waals surface area contributed by atoms with Crippen LogP contribution in [-0.2, 0) is 14.3 Å². The zero-order valence-electron chi connectivity index (χ0n) is 13.4. The highest BCUT2D eigenvalue weighted by Crippen LogP contribution is 2.06. The van der Waals surface area contributed by atoms with Gasteiger partial charge in [0.25, 0.3) is 0 Å². The average molecular weight is 281 g/mol. The lowest BCUT2D eigenvalue weighted by Crippen LogP contribution is -2.15. The minimum atomic E-state index is -0.558. The lowest BCUT2D eigenvalue weighted by atomic mass is 10.2. The lowest BCUT2D eigenvalue weighted by Gasteiger charge is -2.07. The van der Waals surface area contributed by atoms with Crippen molar-refractivity contribution in [1.29, 1.82) is 0 Å². The van der Waals surface area contributed by atoms with Gasteiger partial charge in [-0.05, 0) is 40.8 Å². The molecule has 114 valence electrons. The fraction of sp³-hybridized carbons (Fsp3) is 0.625. The van der Waals surface area contributed by atoms with Crippen molar-refractivity contribution < 1.29 is 14.3 Å². The van der Waals surface area contributed by atoms with Gasteiger partial charge >= 0.3 is 11.9 Å². The highest BCUT2D eigenvalue weighted by atomic mass is 16.6. The largest absolute Gasteiger partial charge is 0.386 e. The van der Waals surface area contributed by atoms with Crippen LogP contribution in [0.4, 0.5) is 0 Å². The molecule has 0 fully saturated rings. The van der Waals surface area contributed by atoms with E-state index in [4.69, 9.17) is 4.74 Å². The molecule has 4 nitrogen and oxygen atoms in total. The van der Waals surface area contributed by atoms with E-state index in [0.717, 1.165) is 32.2 Å². The number of carbonyl (C=O) groups is 2. The van der Waals surface area contributed by atoms with E-state index in [1.807, 2.05) is 25.1 Å². The number of allylic oxidation sites excluding steroid dienone is 1. The Morgan fingerprint density at radius 1 is 1.00 bits per heavy atom. The second-order valence-electron chi connectivity index (χ2n) is 5.19. The summed E-state index contributed by atoms with van der Waals surface area (Å²) in [6, 6.07) is 0. The predicted molar refractivity (Wildman–Crippen MR) is 81.3 cm³/mol. The molecule has 0 bridgehead atoms. The Morgan fingerprint density at radius 3 is 1.95 bits per heavy atom. The molecule has 0 aliphatic rings. The summed E-state index contributed by atoms with van der Waals surface area (Å²) in [5.41, 5.74) is 0.967. The van der Waals surface area contributed by atoms with Crippen molar-refractivity contribution in [3.63, 3.8) is 0 Å². The first-order valence-corrected chi connectivity index (χ1v) is 7.13. The fourth-order valence-electron chi connectivity index (χ4n) is 1.47. The summed E-state index contributed by atoms with van der Waals surface area (Å²) in [6.07, 6.45) is 7.32. The van der Waals surface area contributed by atoms with Crippen molar-refractivity contribution in [1.82, 2.24) is 4.90 Å². The number of rotatable bonds is 8. The van der Waals surface area contributed by atoms with Crippen LogP contribution in [0.15, 0.2) is 23.3 Å². The van der Waals surface area contributed by atoms with Crippen molar-refractivity contribution in [2.45, 2.75) is 46.5 Å². The zero-order chi connectivity index (χ0) is 15.5. The van der Waals surface area contributed by atoms with Crippen molar-refractivity contribution in [2.75, 3.05) is 20.6 Å². The van der Waals surface area contributed by atoms with Gasteiger partial charge in [0, 0.05) is 17.7 Å². The molecule has 0 saturated heterocycles. The third-order valence-corrected chi connectivity index (χ3v) is 2.86. The van der Waals surface area contributed by atoms with Gasteiger partial charge in [0.1, 0.15) is 0 Å². The van der Waals surface area contributed by atoms with Gasteiger partial charge in [-0.3, -0.25) is 0 Å². The molecule has 0 aromatic heterocycles. The van der Waals surface area contributed by atoms with E-state index in [1.165, 1.54) is 0 Å². The Hall–Kier alpha value is -1.42. The number of esters is 2. The van der Waals surface area contributed by atoms with Gasteiger partial charge in [-0.25, -0.2) is 9.59 Å². The van der Waals surface area contributed by atoms with Crippen molar-refractivity contribution in [3.8, 4) is 0 Å². The van der Waals surface area contributed by atoms with Crippen LogP contribution in [0.1, 0.15) is 46.5 Å². The number of hydrogen-bond acceptors (Lipinski definition) is 4. The van der Waals surface area contributed by atoms with E-state index in [0.29, 0.717) is 11.1 Å². The maximum absolute atomic E-state index is 11.7. The maximum atomic E-state index is 11.7. The molecule has 0 atom stereocenters. The second kappa shape index (κ2) is 10.4. The van der Waals surface area contributed by atoms with Gasteiger partial charge < -0.3 is 9.64 Å². The monoisotopic (exact) mass is 281 g/mol. The van der Waals surface area contributed by atoms with E-state index < -0.39 is 11.9 Å². The summed E-state index contributed by atoms with van der Waals surface area (Å²) in [5.74, 6) is -1.11. The Morgan fingerprint density at radius 2 is 1.50 bits per heavy atom. The van der Waals surface area contributed by atoms with Gasteiger partial charge in [-0.15, -0.1) is 0 Å². The maximum Gasteiger partial charge on any atom is 0.341 e. The topological polar surface area (TPSA) is 46.6 Å². The molecular formula is C16H27NO3. The van der Waals surface area contributed by atoms with E-state index in [-0.39, 0.29) is 0 Å². The van der Waals surface area contributed by atoms with Crippen LogP contribution >= 0.6 is 0 Å². The molecule has 0 rings (SSSR count). The molecule has 0 saturated carbocycles. The summed E-state index contributed by atoms with van der Waals surface area (Å²) in [5, 5.41) is 0. The molecule has 0 aromatic rings. The third-order valence-electron chi connectivity index (χ3n) is 2.86. The van der Waals surface area contributed by atoms with Gasteiger partial charge in [0.15, 0.2) is 0 Å². The predicted octanol–water partition coefficient (Wildman–Crippen LogP) is 3.09. The Bertz CT molecular complexity index is 381. The summed E-state index contributed by atoms with van der Waals surface area (Å²) in [6.45, 7) is 6.29. The van der Waals surface area contributed by atoms with Gasteiger partial charge in [0.05, 0.1) is 0 Å². The minimum absolute atomic E-state index is 0.474. The molecule has 4 heteroatoms. The Kier molecular flexibility index (Phi) is 9.64. The molecule has 0 spiro atoms. The summed E-state index contributed by atoms with van der Waals surface area (Å²) >= 11 is 0. The number of unbranched alkanes of at least 4 members (excludes halogenated alkanes) is 2. The average Bonchev–Trinajstić information content (AvgIpc) is 2.38. The van der Waals surface area contributed by atoms with Crippen molar-refractivity contribution >= 4 is 11.9 Å². The van der Waals surface area contributed by atoms with Crippen molar-refractivity contribution in [2.24, 2.45) is 0 Å². The molecule has 0 aliphatic heterocycles. The Balaban J connectivity index is 4.30. The number of hydrogen-bond donors (Lipinski definition) is 0. The van der Waals surface area contributed by atoms with Crippen LogP contribution in [0.2, 0.25) is 0 Å². The molecule has 0 N–H and O–H groups in total. The highest BCUT2D eigenvalue weighted by molar-refractivity contribution is 6.01. The van der Waals surface area contributed by atoms with Gasteiger partial charge in [-0.2, -0.15) is 0 Å². The molecule has 0 amide bonds. The molecule has 0 aromatic carbocycles. The number of ether oxygens (including phenoxy) is 1. The molecule has 0 aliphatic carbocycles. The molecule has 20 heavy (non-hydrogen) atoms. The van der Waals surface area contributed by atoms with Crippen LogP contribution in [0.3, 0.4) is 0 Å². The first-order valence-electron chi connectivity index (χ1n) is 7.13. The first-order chi connectivity index (χ1) is 9.38. The highest BCUT2D eigenvalue weighted by Gasteiger charge is 2.13. The third kappa shape index (κ3) is 8.64. The number of carbonyl (C=O) groups excluding carboxylic acids is 2. The molecule has 0 heterocycles. The van der Waals surface area contributed by atoms with E-state index in [1.54, 1.807) is 19.9 Å². The number of nitrogens with zero attached hydrogens (tertiary/aromatic N) is 1. The molecular weight excluding hydrogens is 254 g/mol. The van der Waals surface area contributed by atoms with Crippen LogP contribution in [0.5, 0.6) is 0 Å². The summed E-state index contributed by atoms with van der Waals surface area (Å²) in [7, 11) is 3.94. The van der Waals surface area contributed by atoms with E-state index in [2.05, 4.69) is 6.92 Å². The summed E-state index contributed by atoms with van der Waals surface area (Å²) < 4.78 is 4.83. The standard InChI is InChI=1S/C16H27NO3/c1-6-7-8-10-13(2)15(18)20-16(19)14(3)11-9-12-17(4)5/h10-11H,6-9,12H2,1-5H3. The Labute approximate surface area is 122 Å². The molecule has 0 radical (unpaired) electrons. The second-order valence-corrected chi connectivity index (χ2v) is 5.19. The first kappa shape index (κ1) is 18.6. The van der Waals surface area contributed by atoms with Crippen LogP contribution < -0.4 is 0 Å². The zero-order valence-corrected chi connectivity index (χ0v) is 13.4. The minimum Gasteiger partial charge on any atom is -0.386 e. The lowest BCUT2D eigenvalue weighted by molar-refractivity contribution is -0.153. The van der Waals surface area contributed by atoms with E-state index in [9.17, 15) is 9.59 Å². The smallest absolute Gasteiger partial charge is 0.341 e. The van der Waals surface area contributed by atoms with Crippen LogP contribution in [0, 0.1) is 0 Å². The van der Waals surface area contributed by atoms with Gasteiger partial charge in [0.2, 0.25) is 0 Å². The summed E-state index contributed by atoms with van der Waals surface area (Å²) in [4.78, 5) is 25.4. The quantitative estimate of drug-likeness (QED) is 0.297. The fourth-order valence-corrected chi connectivity index (χ4v) is 1.47. The SMILES string of the molecule is CCCCC=C(C)C(=O)OC(=O)C(C)=CCCN(C)C. The van der Waals surface area contributed by atoms with Crippen LogP contribution in [0.25, 0.3) is 0 Å².